The molecular formula is C18H37NO. The Kier molecular flexibility index (Phi) is 11.9. The van der Waals surface area contributed by atoms with Crippen LogP contribution in [0.5, 0.6) is 0 Å². The Bertz CT molecular complexity index is 240. The molecule has 0 heterocycles. The maximum Gasteiger partial charge on any atom is 0.222 e. The molecule has 0 radical (unpaired) electrons. The number of hydrogen-bond donors (Lipinski definition) is 0. The van der Waals surface area contributed by atoms with Crippen molar-refractivity contribution in [3.63, 3.8) is 0 Å². The van der Waals surface area contributed by atoms with E-state index in [-0.39, 0.29) is 0 Å². The molecule has 0 aromatic heterocycles. The van der Waals surface area contributed by atoms with Gasteiger partial charge in [0, 0.05) is 18.5 Å². The molecule has 0 aliphatic carbocycles. The molecule has 120 valence electrons. The highest BCUT2D eigenvalue weighted by Crippen LogP contribution is 2.21. The Morgan fingerprint density at radius 1 is 0.850 bits per heavy atom. The minimum Gasteiger partial charge on any atom is -0.337 e. The summed E-state index contributed by atoms with van der Waals surface area (Å²) >= 11 is 0. The molecule has 0 saturated carbocycles. The fraction of sp³-hybridized carbons (Fsp3) is 0.944. The lowest BCUT2D eigenvalue weighted by Crippen LogP contribution is -2.45. The molecule has 20 heavy (non-hydrogen) atoms. The molecule has 0 aromatic rings. The standard InChI is InChI=1S/C18H37NO/c1-6-10-12-14-16(5)19(18(20)9-4)17(13-8-3)15-11-7-2/h16-17H,6-15H2,1-5H3. The molecule has 2 heteroatoms. The van der Waals surface area contributed by atoms with E-state index < -0.39 is 0 Å². The van der Waals surface area contributed by atoms with Crippen molar-refractivity contribution in [1.82, 2.24) is 4.90 Å². The molecule has 0 aliphatic heterocycles. The maximum absolute atomic E-state index is 12.4. The summed E-state index contributed by atoms with van der Waals surface area (Å²) in [5.41, 5.74) is 0. The van der Waals surface area contributed by atoms with Crippen LogP contribution in [0.2, 0.25) is 0 Å². The van der Waals surface area contributed by atoms with Gasteiger partial charge < -0.3 is 4.90 Å². The van der Waals surface area contributed by atoms with Gasteiger partial charge in [-0.25, -0.2) is 0 Å². The number of nitrogens with zero attached hydrogens (tertiary/aromatic N) is 1. The highest BCUT2D eigenvalue weighted by Gasteiger charge is 2.25. The van der Waals surface area contributed by atoms with E-state index in [1.54, 1.807) is 0 Å². The van der Waals surface area contributed by atoms with Crippen molar-refractivity contribution in [1.29, 1.82) is 0 Å². The van der Waals surface area contributed by atoms with E-state index in [1.807, 2.05) is 6.92 Å². The normalized spacial score (nSPS) is 14.1. The van der Waals surface area contributed by atoms with Crippen LogP contribution >= 0.6 is 0 Å². The Balaban J connectivity index is 4.73. The smallest absolute Gasteiger partial charge is 0.222 e. The van der Waals surface area contributed by atoms with Gasteiger partial charge in [-0.05, 0) is 26.2 Å². The lowest BCUT2D eigenvalue weighted by atomic mass is 9.99. The van der Waals surface area contributed by atoms with E-state index in [0.29, 0.717) is 24.4 Å². The fourth-order valence-corrected chi connectivity index (χ4v) is 3.02. The Hall–Kier alpha value is -0.530. The van der Waals surface area contributed by atoms with Gasteiger partial charge in [0.25, 0.3) is 0 Å². The summed E-state index contributed by atoms with van der Waals surface area (Å²) in [4.78, 5) is 14.6. The van der Waals surface area contributed by atoms with Crippen LogP contribution in [0.25, 0.3) is 0 Å². The van der Waals surface area contributed by atoms with E-state index in [4.69, 9.17) is 0 Å². The largest absolute Gasteiger partial charge is 0.337 e. The monoisotopic (exact) mass is 283 g/mol. The summed E-state index contributed by atoms with van der Waals surface area (Å²) < 4.78 is 0. The average Bonchev–Trinajstić information content (AvgIpc) is 2.45. The second-order valence-corrected chi connectivity index (χ2v) is 6.08. The first-order chi connectivity index (χ1) is 9.62. The van der Waals surface area contributed by atoms with Gasteiger partial charge in [-0.15, -0.1) is 0 Å². The molecular weight excluding hydrogens is 246 g/mol. The van der Waals surface area contributed by atoms with Crippen LogP contribution in [0.1, 0.15) is 98.8 Å². The van der Waals surface area contributed by atoms with Gasteiger partial charge in [0.2, 0.25) is 5.91 Å². The zero-order valence-electron chi connectivity index (χ0n) is 14.6. The number of hydrogen-bond acceptors (Lipinski definition) is 1. The first kappa shape index (κ1) is 19.5. The lowest BCUT2D eigenvalue weighted by molar-refractivity contribution is -0.136. The maximum atomic E-state index is 12.4. The second-order valence-electron chi connectivity index (χ2n) is 6.08. The summed E-state index contributed by atoms with van der Waals surface area (Å²) in [5.74, 6) is 0.351. The van der Waals surface area contributed by atoms with Crippen molar-refractivity contribution in [2.24, 2.45) is 0 Å². The molecule has 0 bridgehead atoms. The molecule has 2 atom stereocenters. The van der Waals surface area contributed by atoms with Crippen LogP contribution in [0.3, 0.4) is 0 Å². The number of rotatable bonds is 12. The van der Waals surface area contributed by atoms with Crippen LogP contribution in [0, 0.1) is 0 Å². The van der Waals surface area contributed by atoms with Crippen LogP contribution < -0.4 is 0 Å². The van der Waals surface area contributed by atoms with Crippen molar-refractivity contribution in [3.8, 4) is 0 Å². The van der Waals surface area contributed by atoms with E-state index >= 15 is 0 Å². The highest BCUT2D eigenvalue weighted by atomic mass is 16.2. The van der Waals surface area contributed by atoms with Crippen molar-refractivity contribution in [2.45, 2.75) is 111 Å². The van der Waals surface area contributed by atoms with E-state index in [2.05, 4.69) is 32.6 Å². The molecule has 1 amide bonds. The van der Waals surface area contributed by atoms with E-state index in [1.165, 1.54) is 44.9 Å². The van der Waals surface area contributed by atoms with Crippen molar-refractivity contribution in [2.75, 3.05) is 0 Å². The molecule has 0 aliphatic rings. The molecule has 0 rings (SSSR count). The van der Waals surface area contributed by atoms with Gasteiger partial charge in [0.15, 0.2) is 0 Å². The van der Waals surface area contributed by atoms with Gasteiger partial charge in [0.05, 0.1) is 0 Å². The summed E-state index contributed by atoms with van der Waals surface area (Å²) in [7, 11) is 0. The molecule has 2 unspecified atom stereocenters. The predicted molar refractivity (Wildman–Crippen MR) is 89.0 cm³/mol. The SMILES string of the molecule is CCCCCC(C)N(C(=O)CC)C(CCC)CCCC. The second kappa shape index (κ2) is 12.2. The summed E-state index contributed by atoms with van der Waals surface area (Å²) in [6, 6.07) is 0.867. The van der Waals surface area contributed by atoms with Gasteiger partial charge in [-0.1, -0.05) is 66.2 Å². The highest BCUT2D eigenvalue weighted by molar-refractivity contribution is 5.76. The molecule has 0 fully saturated rings. The predicted octanol–water partition coefficient (Wildman–Crippen LogP) is 5.55. The Morgan fingerprint density at radius 2 is 1.50 bits per heavy atom. The molecule has 2 nitrogen and oxygen atoms in total. The Morgan fingerprint density at radius 3 is 2.00 bits per heavy atom. The van der Waals surface area contributed by atoms with E-state index in [0.717, 1.165) is 12.8 Å². The van der Waals surface area contributed by atoms with Gasteiger partial charge in [0.1, 0.15) is 0 Å². The quantitative estimate of drug-likeness (QED) is 0.430. The molecule has 0 spiro atoms. The van der Waals surface area contributed by atoms with Crippen LogP contribution in [-0.4, -0.2) is 22.9 Å². The molecule has 0 saturated heterocycles. The van der Waals surface area contributed by atoms with Crippen LogP contribution in [-0.2, 0) is 4.79 Å². The fourth-order valence-electron chi connectivity index (χ4n) is 3.02. The topological polar surface area (TPSA) is 20.3 Å². The third-order valence-electron chi connectivity index (χ3n) is 4.20. The molecule has 0 N–H and O–H groups in total. The summed E-state index contributed by atoms with van der Waals surface area (Å²) in [6.07, 6.45) is 11.5. The average molecular weight is 284 g/mol. The number of carbonyl (C=O) groups excluding carboxylic acids is 1. The van der Waals surface area contributed by atoms with Crippen LogP contribution in [0.4, 0.5) is 0 Å². The van der Waals surface area contributed by atoms with Crippen molar-refractivity contribution >= 4 is 5.91 Å². The van der Waals surface area contributed by atoms with Crippen molar-refractivity contribution < 1.29 is 4.79 Å². The van der Waals surface area contributed by atoms with Gasteiger partial charge in [-0.2, -0.15) is 0 Å². The minimum absolute atomic E-state index is 0.351. The summed E-state index contributed by atoms with van der Waals surface area (Å²) in [6.45, 7) is 10.9. The minimum atomic E-state index is 0.351. The first-order valence-corrected chi connectivity index (χ1v) is 8.93. The summed E-state index contributed by atoms with van der Waals surface area (Å²) in [5, 5.41) is 0. The first-order valence-electron chi connectivity index (χ1n) is 8.93. The number of amides is 1. The van der Waals surface area contributed by atoms with Gasteiger partial charge in [-0.3, -0.25) is 4.79 Å². The van der Waals surface area contributed by atoms with E-state index in [9.17, 15) is 4.79 Å². The van der Waals surface area contributed by atoms with Crippen LogP contribution in [0.15, 0.2) is 0 Å². The zero-order valence-corrected chi connectivity index (χ0v) is 14.6. The number of unbranched alkanes of at least 4 members (excludes halogenated alkanes) is 3. The Labute approximate surface area is 127 Å². The number of carbonyl (C=O) groups is 1. The van der Waals surface area contributed by atoms with Gasteiger partial charge >= 0.3 is 0 Å². The van der Waals surface area contributed by atoms with Crippen molar-refractivity contribution in [3.05, 3.63) is 0 Å². The third-order valence-corrected chi connectivity index (χ3v) is 4.20. The zero-order chi connectivity index (χ0) is 15.4. The third kappa shape index (κ3) is 7.31. The molecule has 0 aromatic carbocycles. The lowest BCUT2D eigenvalue weighted by Gasteiger charge is -2.37.